The normalized spacial score (nSPS) is 40.9. The topological polar surface area (TPSA) is 85.2 Å². The van der Waals surface area contributed by atoms with Crippen molar-refractivity contribution in [1.29, 1.82) is 0 Å². The Labute approximate surface area is 206 Å². The fourth-order valence-electron chi connectivity index (χ4n) is 7.25. The van der Waals surface area contributed by atoms with Gasteiger partial charge in [-0.15, -0.1) is 0 Å². The van der Waals surface area contributed by atoms with Gasteiger partial charge in [-0.25, -0.2) is 0 Å². The molecule has 2 N–H and O–H groups in total. The van der Waals surface area contributed by atoms with E-state index in [0.717, 1.165) is 25.2 Å². The third kappa shape index (κ3) is 5.88. The minimum atomic E-state index is -1.22. The molecule has 6 heteroatoms. The number of aliphatic hydroxyl groups excluding tert-OH is 2. The smallest absolute Gasteiger partial charge is 0.303 e. The summed E-state index contributed by atoms with van der Waals surface area (Å²) in [5, 5.41) is 20.7. The van der Waals surface area contributed by atoms with Crippen LogP contribution in [-0.4, -0.2) is 53.5 Å². The zero-order valence-electron chi connectivity index (χ0n) is 22.2. The Morgan fingerprint density at radius 1 is 1.21 bits per heavy atom. The van der Waals surface area contributed by atoms with Gasteiger partial charge >= 0.3 is 5.97 Å². The van der Waals surface area contributed by atoms with E-state index in [1.54, 1.807) is 6.92 Å². The number of hydrogen-bond acceptors (Lipinski definition) is 6. The molecule has 0 aromatic rings. The van der Waals surface area contributed by atoms with Gasteiger partial charge < -0.3 is 24.4 Å². The van der Waals surface area contributed by atoms with Gasteiger partial charge in [0.05, 0.1) is 12.7 Å². The number of esters is 1. The van der Waals surface area contributed by atoms with Gasteiger partial charge in [-0.1, -0.05) is 52.7 Å². The number of allylic oxidation sites excluding steroid dienone is 1. The molecule has 2 saturated carbocycles. The largest absolute Gasteiger partial charge is 0.457 e. The summed E-state index contributed by atoms with van der Waals surface area (Å²) >= 11 is 0. The van der Waals surface area contributed by atoms with Gasteiger partial charge in [-0.2, -0.15) is 0 Å². The number of carbonyl (C=O) groups excluding carboxylic acids is 1. The van der Waals surface area contributed by atoms with E-state index in [1.807, 2.05) is 0 Å². The highest BCUT2D eigenvalue weighted by Gasteiger charge is 2.52. The molecule has 2 aliphatic carbocycles. The van der Waals surface area contributed by atoms with Crippen LogP contribution in [0.4, 0.5) is 0 Å². The molecular formula is C28H48O6. The number of hydrogen-bond donors (Lipinski definition) is 2. The first kappa shape index (κ1) is 27.6. The highest BCUT2D eigenvalue weighted by atomic mass is 16.7. The van der Waals surface area contributed by atoms with Gasteiger partial charge in [0, 0.05) is 6.92 Å². The molecule has 34 heavy (non-hydrogen) atoms. The summed E-state index contributed by atoms with van der Waals surface area (Å²) in [6.45, 7) is 17.6. The molecule has 1 aliphatic heterocycles. The quantitative estimate of drug-likeness (QED) is 0.375. The van der Waals surface area contributed by atoms with E-state index in [4.69, 9.17) is 14.2 Å². The van der Waals surface area contributed by atoms with Gasteiger partial charge in [0.15, 0.2) is 12.4 Å². The third-order valence-corrected chi connectivity index (χ3v) is 9.24. The lowest BCUT2D eigenvalue weighted by atomic mass is 9.47. The van der Waals surface area contributed by atoms with Gasteiger partial charge in [-0.3, -0.25) is 4.79 Å². The molecule has 3 aliphatic rings. The first-order chi connectivity index (χ1) is 15.9. The van der Waals surface area contributed by atoms with Crippen molar-refractivity contribution in [1.82, 2.24) is 0 Å². The van der Waals surface area contributed by atoms with Crippen LogP contribution in [0, 0.1) is 28.6 Å². The molecule has 0 bridgehead atoms. The summed E-state index contributed by atoms with van der Waals surface area (Å²) in [4.78, 5) is 11.4. The first-order valence-electron chi connectivity index (χ1n) is 13.3. The number of carbonyl (C=O) groups is 1. The Bertz CT molecular complexity index is 720. The Morgan fingerprint density at radius 2 is 1.91 bits per heavy atom. The van der Waals surface area contributed by atoms with Gasteiger partial charge in [0.1, 0.15) is 12.2 Å². The second kappa shape index (κ2) is 11.0. The Balaban J connectivity index is 1.50. The Morgan fingerprint density at radius 3 is 2.59 bits per heavy atom. The monoisotopic (exact) mass is 480 g/mol. The van der Waals surface area contributed by atoms with Gasteiger partial charge in [0.2, 0.25) is 0 Å². The van der Waals surface area contributed by atoms with E-state index in [0.29, 0.717) is 29.3 Å². The third-order valence-electron chi connectivity index (χ3n) is 9.24. The van der Waals surface area contributed by atoms with Crippen molar-refractivity contribution in [2.75, 3.05) is 6.61 Å². The molecule has 0 aromatic carbocycles. The zero-order chi connectivity index (χ0) is 25.3. The molecule has 9 atom stereocenters. The van der Waals surface area contributed by atoms with Crippen LogP contribution in [0.2, 0.25) is 0 Å². The predicted octanol–water partition coefficient (Wildman–Crippen LogP) is 5.01. The second-order valence-corrected chi connectivity index (χ2v) is 12.3. The summed E-state index contributed by atoms with van der Waals surface area (Å²) in [5.41, 5.74) is 2.22. The van der Waals surface area contributed by atoms with Crippen LogP contribution >= 0.6 is 0 Å². The first-order valence-corrected chi connectivity index (χ1v) is 13.3. The standard InChI is InChI=1S/C28H48O6/c1-17(13-16-32-26-24(31)25(34-20(4)29)23(30)19(3)33-26)9-11-21-18(2)10-12-22-27(5,6)14-8-15-28(21,22)7/h17,19,21-26,30-31H,2,8-16H2,1,3-7H3/t17-,19-,21-,22?,23-,24+,25+,26+,28+/m1/s1. The average molecular weight is 481 g/mol. The number of aliphatic hydroxyl groups is 2. The van der Waals surface area contributed by atoms with E-state index in [2.05, 4.69) is 34.3 Å². The molecule has 0 spiro atoms. The minimum absolute atomic E-state index is 0.357. The van der Waals surface area contributed by atoms with Crippen molar-refractivity contribution in [3.05, 3.63) is 12.2 Å². The average Bonchev–Trinajstić information content (AvgIpc) is 2.73. The van der Waals surface area contributed by atoms with Crippen LogP contribution in [0.1, 0.15) is 92.9 Å². The summed E-state index contributed by atoms with van der Waals surface area (Å²) in [6, 6.07) is 0. The van der Waals surface area contributed by atoms with Gasteiger partial charge in [0.25, 0.3) is 0 Å². The molecule has 0 amide bonds. The summed E-state index contributed by atoms with van der Waals surface area (Å²) in [5.74, 6) is 1.28. The summed E-state index contributed by atoms with van der Waals surface area (Å²) in [6.07, 6.45) is 4.69. The second-order valence-electron chi connectivity index (χ2n) is 12.3. The zero-order valence-corrected chi connectivity index (χ0v) is 22.2. The van der Waals surface area contributed by atoms with Crippen molar-refractivity contribution < 1.29 is 29.2 Å². The molecular weight excluding hydrogens is 432 g/mol. The van der Waals surface area contributed by atoms with Crippen LogP contribution in [-0.2, 0) is 19.0 Å². The van der Waals surface area contributed by atoms with E-state index >= 15 is 0 Å². The fourth-order valence-corrected chi connectivity index (χ4v) is 7.25. The lowest BCUT2D eigenvalue weighted by Crippen LogP contribution is -2.58. The van der Waals surface area contributed by atoms with Gasteiger partial charge in [-0.05, 0) is 74.0 Å². The number of rotatable bonds is 8. The SMILES string of the molecule is C=C1CCC2C(C)(C)CCC[C@@]2(C)[C@@H]1CC[C@@H](C)CCO[C@H]1O[C@H](C)[C@@H](O)[C@H](OC(C)=O)[C@@H]1O. The summed E-state index contributed by atoms with van der Waals surface area (Å²) in [7, 11) is 0. The molecule has 1 saturated heterocycles. The predicted molar refractivity (Wildman–Crippen MR) is 132 cm³/mol. The van der Waals surface area contributed by atoms with Crippen LogP contribution < -0.4 is 0 Å². The highest BCUT2D eigenvalue weighted by Crippen LogP contribution is 2.61. The van der Waals surface area contributed by atoms with Crippen LogP contribution in [0.25, 0.3) is 0 Å². The molecule has 1 unspecified atom stereocenters. The molecule has 1 heterocycles. The fraction of sp³-hybridized carbons (Fsp3) is 0.893. The molecule has 0 aromatic heterocycles. The van der Waals surface area contributed by atoms with E-state index in [-0.39, 0.29) is 0 Å². The molecule has 3 fully saturated rings. The maximum atomic E-state index is 11.4. The minimum Gasteiger partial charge on any atom is -0.457 e. The Kier molecular flexibility index (Phi) is 8.92. The van der Waals surface area contributed by atoms with Crippen molar-refractivity contribution >= 4 is 5.97 Å². The molecule has 196 valence electrons. The van der Waals surface area contributed by atoms with E-state index in [9.17, 15) is 15.0 Å². The molecule has 6 nitrogen and oxygen atoms in total. The van der Waals surface area contributed by atoms with Crippen molar-refractivity contribution in [2.24, 2.45) is 28.6 Å². The van der Waals surface area contributed by atoms with E-state index < -0.39 is 36.7 Å². The maximum Gasteiger partial charge on any atom is 0.303 e. The lowest BCUT2D eigenvalue weighted by molar-refractivity contribution is -0.296. The molecule has 0 radical (unpaired) electrons. The van der Waals surface area contributed by atoms with Crippen LogP contribution in [0.15, 0.2) is 12.2 Å². The highest BCUT2D eigenvalue weighted by molar-refractivity contribution is 5.66. The maximum absolute atomic E-state index is 11.4. The summed E-state index contributed by atoms with van der Waals surface area (Å²) < 4.78 is 16.6. The van der Waals surface area contributed by atoms with Crippen LogP contribution in [0.5, 0.6) is 0 Å². The van der Waals surface area contributed by atoms with Crippen molar-refractivity contribution in [3.8, 4) is 0 Å². The Hall–Kier alpha value is -0.950. The van der Waals surface area contributed by atoms with Crippen LogP contribution in [0.3, 0.4) is 0 Å². The van der Waals surface area contributed by atoms with Crippen molar-refractivity contribution in [2.45, 2.75) is 124 Å². The van der Waals surface area contributed by atoms with Crippen molar-refractivity contribution in [3.63, 3.8) is 0 Å². The lowest BCUT2D eigenvalue weighted by Gasteiger charge is -2.58. The van der Waals surface area contributed by atoms with E-state index in [1.165, 1.54) is 44.6 Å². The number of ether oxygens (including phenoxy) is 3. The number of fused-ring (bicyclic) bond motifs is 1. The molecule has 3 rings (SSSR count).